The maximum atomic E-state index is 3.72. The van der Waals surface area contributed by atoms with Gasteiger partial charge in [-0.3, -0.25) is 5.01 Å². The summed E-state index contributed by atoms with van der Waals surface area (Å²) >= 11 is 0. The Labute approximate surface area is 86.3 Å². The van der Waals surface area contributed by atoms with Gasteiger partial charge < -0.3 is 4.90 Å². The third-order valence-electron chi connectivity index (χ3n) is 2.29. The lowest BCUT2D eigenvalue weighted by atomic mass is 10.1. The van der Waals surface area contributed by atoms with Gasteiger partial charge in [0.05, 0.1) is 6.54 Å². The van der Waals surface area contributed by atoms with Gasteiger partial charge in [-0.05, 0) is 39.1 Å². The van der Waals surface area contributed by atoms with Crippen LogP contribution in [0, 0.1) is 0 Å². The molecule has 4 nitrogen and oxygen atoms in total. The SMILES string of the molecule is CN1C=CCN=N1.CN1CCCCC1. The van der Waals surface area contributed by atoms with Crippen molar-refractivity contribution in [3.05, 3.63) is 12.3 Å². The highest BCUT2D eigenvalue weighted by atomic mass is 15.5. The van der Waals surface area contributed by atoms with E-state index >= 15 is 0 Å². The highest BCUT2D eigenvalue weighted by Crippen LogP contribution is 2.04. The standard InChI is InChI=1S/C6H13N.C4H7N3/c1-7-5-3-2-4-6-7;1-7-4-2-3-5-6-7/h2-6H2,1H3;2,4H,3H2,1H3. The molecule has 4 heteroatoms. The maximum Gasteiger partial charge on any atom is 0.0819 e. The van der Waals surface area contributed by atoms with Crippen molar-refractivity contribution in [3.8, 4) is 0 Å². The van der Waals surface area contributed by atoms with Crippen LogP contribution in [0.4, 0.5) is 0 Å². The van der Waals surface area contributed by atoms with Gasteiger partial charge in [-0.25, -0.2) is 0 Å². The molecule has 0 aromatic heterocycles. The van der Waals surface area contributed by atoms with Crippen LogP contribution >= 0.6 is 0 Å². The number of hydrogen-bond donors (Lipinski definition) is 0. The van der Waals surface area contributed by atoms with Crippen LogP contribution in [-0.2, 0) is 0 Å². The van der Waals surface area contributed by atoms with Crippen molar-refractivity contribution in [1.29, 1.82) is 0 Å². The Morgan fingerprint density at radius 3 is 2.07 bits per heavy atom. The van der Waals surface area contributed by atoms with Gasteiger partial charge in [0.15, 0.2) is 0 Å². The summed E-state index contributed by atoms with van der Waals surface area (Å²) in [7, 11) is 4.04. The predicted molar refractivity (Wildman–Crippen MR) is 58.0 cm³/mol. The van der Waals surface area contributed by atoms with Gasteiger partial charge >= 0.3 is 0 Å². The van der Waals surface area contributed by atoms with Crippen molar-refractivity contribution in [2.75, 3.05) is 33.7 Å². The second-order valence-electron chi connectivity index (χ2n) is 3.74. The molecule has 0 saturated carbocycles. The minimum atomic E-state index is 0.727. The zero-order valence-electron chi connectivity index (χ0n) is 9.19. The van der Waals surface area contributed by atoms with Gasteiger partial charge in [-0.15, -0.1) is 0 Å². The molecule has 0 aromatic carbocycles. The van der Waals surface area contributed by atoms with Gasteiger partial charge in [0.1, 0.15) is 0 Å². The lowest BCUT2D eigenvalue weighted by molar-refractivity contribution is 0.277. The molecule has 0 radical (unpaired) electrons. The maximum absolute atomic E-state index is 3.72. The zero-order valence-corrected chi connectivity index (χ0v) is 9.19. The summed E-state index contributed by atoms with van der Waals surface area (Å²) in [6.07, 6.45) is 8.11. The summed E-state index contributed by atoms with van der Waals surface area (Å²) < 4.78 is 0. The average molecular weight is 196 g/mol. The van der Waals surface area contributed by atoms with E-state index in [1.54, 1.807) is 5.01 Å². The molecule has 0 aromatic rings. The minimum Gasteiger partial charge on any atom is -0.306 e. The summed E-state index contributed by atoms with van der Waals surface area (Å²) in [5.41, 5.74) is 0. The lowest BCUT2D eigenvalue weighted by Crippen LogP contribution is -2.24. The molecule has 14 heavy (non-hydrogen) atoms. The van der Waals surface area contributed by atoms with Gasteiger partial charge in [0, 0.05) is 13.2 Å². The number of hydrogen-bond acceptors (Lipinski definition) is 4. The Bertz CT molecular complexity index is 182. The van der Waals surface area contributed by atoms with Gasteiger partial charge in [-0.2, -0.15) is 5.11 Å². The fourth-order valence-corrected chi connectivity index (χ4v) is 1.46. The second kappa shape index (κ2) is 6.54. The largest absolute Gasteiger partial charge is 0.306 e. The topological polar surface area (TPSA) is 31.2 Å². The minimum absolute atomic E-state index is 0.727. The van der Waals surface area contributed by atoms with Crippen LogP contribution in [0.5, 0.6) is 0 Å². The predicted octanol–water partition coefficient (Wildman–Crippen LogP) is 1.91. The van der Waals surface area contributed by atoms with Crippen LogP contribution < -0.4 is 0 Å². The Morgan fingerprint density at radius 1 is 1.07 bits per heavy atom. The van der Waals surface area contributed by atoms with E-state index < -0.39 is 0 Å². The molecule has 0 aliphatic carbocycles. The molecule has 0 bridgehead atoms. The summed E-state index contributed by atoms with van der Waals surface area (Å²) in [6.45, 7) is 3.37. The van der Waals surface area contributed by atoms with Crippen molar-refractivity contribution in [2.24, 2.45) is 10.3 Å². The normalized spacial score (nSPS) is 21.7. The van der Waals surface area contributed by atoms with Crippen LogP contribution in [0.1, 0.15) is 19.3 Å². The molecule has 1 saturated heterocycles. The second-order valence-corrected chi connectivity index (χ2v) is 3.74. The first-order valence-electron chi connectivity index (χ1n) is 5.24. The number of piperidine rings is 1. The Balaban J connectivity index is 0.000000140. The molecule has 0 unspecified atom stereocenters. The summed E-state index contributed by atoms with van der Waals surface area (Å²) in [5, 5.41) is 9.09. The monoisotopic (exact) mass is 196 g/mol. The van der Waals surface area contributed by atoms with E-state index in [1.807, 2.05) is 19.3 Å². The van der Waals surface area contributed by atoms with E-state index in [0.29, 0.717) is 0 Å². The van der Waals surface area contributed by atoms with E-state index in [4.69, 9.17) is 0 Å². The molecule has 0 amide bonds. The van der Waals surface area contributed by atoms with Crippen LogP contribution in [-0.4, -0.2) is 43.6 Å². The summed E-state index contributed by atoms with van der Waals surface area (Å²) in [5.74, 6) is 0. The fraction of sp³-hybridized carbons (Fsp3) is 0.800. The smallest absolute Gasteiger partial charge is 0.0819 e. The van der Waals surface area contributed by atoms with Crippen molar-refractivity contribution in [1.82, 2.24) is 9.91 Å². The van der Waals surface area contributed by atoms with Gasteiger partial charge in [0.25, 0.3) is 0 Å². The molecule has 2 aliphatic rings. The van der Waals surface area contributed by atoms with E-state index in [9.17, 15) is 0 Å². The summed E-state index contributed by atoms with van der Waals surface area (Å²) in [6, 6.07) is 0. The van der Waals surface area contributed by atoms with Crippen molar-refractivity contribution in [3.63, 3.8) is 0 Å². The molecule has 2 aliphatic heterocycles. The molecule has 2 heterocycles. The zero-order chi connectivity index (χ0) is 10.2. The van der Waals surface area contributed by atoms with E-state index in [2.05, 4.69) is 22.3 Å². The Morgan fingerprint density at radius 2 is 1.79 bits per heavy atom. The first-order valence-corrected chi connectivity index (χ1v) is 5.24. The third kappa shape index (κ3) is 4.97. The number of rotatable bonds is 0. The molecule has 1 fully saturated rings. The van der Waals surface area contributed by atoms with Gasteiger partial charge in [0.2, 0.25) is 0 Å². The van der Waals surface area contributed by atoms with Crippen LogP contribution in [0.15, 0.2) is 22.6 Å². The quantitative estimate of drug-likeness (QED) is 0.592. The van der Waals surface area contributed by atoms with Crippen molar-refractivity contribution >= 4 is 0 Å². The van der Waals surface area contributed by atoms with Crippen LogP contribution in [0.25, 0.3) is 0 Å². The third-order valence-corrected chi connectivity index (χ3v) is 2.29. The molecule has 0 atom stereocenters. The van der Waals surface area contributed by atoms with E-state index in [0.717, 1.165) is 6.54 Å². The van der Waals surface area contributed by atoms with E-state index in [-0.39, 0.29) is 0 Å². The van der Waals surface area contributed by atoms with Crippen molar-refractivity contribution in [2.45, 2.75) is 19.3 Å². The van der Waals surface area contributed by atoms with Crippen LogP contribution in [0.3, 0.4) is 0 Å². The highest BCUT2D eigenvalue weighted by molar-refractivity contribution is 4.83. The first-order chi connectivity index (χ1) is 6.79. The van der Waals surface area contributed by atoms with Gasteiger partial charge in [-0.1, -0.05) is 11.6 Å². The molecule has 2 rings (SSSR count). The molecular weight excluding hydrogens is 176 g/mol. The Kier molecular flexibility index (Phi) is 5.22. The number of nitrogens with zero attached hydrogens (tertiary/aromatic N) is 4. The summed E-state index contributed by atoms with van der Waals surface area (Å²) in [4.78, 5) is 2.39. The highest BCUT2D eigenvalue weighted by Gasteiger charge is 2.02. The molecule has 0 N–H and O–H groups in total. The van der Waals surface area contributed by atoms with E-state index in [1.165, 1.54) is 32.4 Å². The average Bonchev–Trinajstić information content (AvgIpc) is 2.21. The lowest BCUT2D eigenvalue weighted by Gasteiger charge is -2.20. The Hall–Kier alpha value is -0.900. The molecule has 0 spiro atoms. The molecular formula is C10H20N4. The number of likely N-dealkylation sites (tertiary alicyclic amines) is 1. The van der Waals surface area contributed by atoms with Crippen molar-refractivity contribution < 1.29 is 0 Å². The fourth-order valence-electron chi connectivity index (χ4n) is 1.46. The molecule has 80 valence electrons. The first kappa shape index (κ1) is 11.2. The van der Waals surface area contributed by atoms with Crippen LogP contribution in [0.2, 0.25) is 0 Å².